The first-order valence-corrected chi connectivity index (χ1v) is 7.40. The summed E-state index contributed by atoms with van der Waals surface area (Å²) < 4.78 is 0. The van der Waals surface area contributed by atoms with Crippen LogP contribution in [0.25, 0.3) is 0 Å². The standard InChI is InChI=1S/C14H17Cl2NO2/c15-7-1-3-11-4-2-8-17(11)14(19)10-5-6-13(18)12(16)9-10/h5-6,9,11,18H,1-4,7-8H2. The fourth-order valence-corrected chi connectivity index (χ4v) is 2.86. The van der Waals surface area contributed by atoms with Crippen LogP contribution >= 0.6 is 23.2 Å². The average Bonchev–Trinajstić information content (AvgIpc) is 2.87. The average molecular weight is 302 g/mol. The Morgan fingerprint density at radius 3 is 2.95 bits per heavy atom. The zero-order chi connectivity index (χ0) is 13.8. The molecule has 0 spiro atoms. The molecular formula is C14H17Cl2NO2. The summed E-state index contributed by atoms with van der Waals surface area (Å²) in [6.45, 7) is 0.782. The quantitative estimate of drug-likeness (QED) is 0.862. The van der Waals surface area contributed by atoms with Gasteiger partial charge in [-0.1, -0.05) is 11.6 Å². The summed E-state index contributed by atoms with van der Waals surface area (Å²) >= 11 is 11.6. The van der Waals surface area contributed by atoms with Gasteiger partial charge in [-0.25, -0.2) is 0 Å². The minimum Gasteiger partial charge on any atom is -0.506 e. The van der Waals surface area contributed by atoms with Crippen molar-refractivity contribution in [1.82, 2.24) is 4.90 Å². The number of aromatic hydroxyl groups is 1. The van der Waals surface area contributed by atoms with Crippen molar-refractivity contribution in [1.29, 1.82) is 0 Å². The van der Waals surface area contributed by atoms with Gasteiger partial charge in [0.15, 0.2) is 0 Å². The molecule has 0 aliphatic carbocycles. The van der Waals surface area contributed by atoms with Crippen molar-refractivity contribution in [3.63, 3.8) is 0 Å². The Morgan fingerprint density at radius 2 is 2.26 bits per heavy atom. The van der Waals surface area contributed by atoms with Gasteiger partial charge in [0.05, 0.1) is 5.02 Å². The molecule has 1 aliphatic heterocycles. The maximum Gasteiger partial charge on any atom is 0.254 e. The number of hydrogen-bond acceptors (Lipinski definition) is 2. The molecule has 1 aromatic rings. The van der Waals surface area contributed by atoms with Gasteiger partial charge in [-0.05, 0) is 43.9 Å². The number of halogens is 2. The molecule has 1 aliphatic rings. The normalized spacial score (nSPS) is 18.8. The minimum atomic E-state index is -0.0148. The zero-order valence-corrected chi connectivity index (χ0v) is 12.1. The molecule has 1 aromatic carbocycles. The van der Waals surface area contributed by atoms with Crippen molar-refractivity contribution in [2.45, 2.75) is 31.7 Å². The number of alkyl halides is 1. The lowest BCUT2D eigenvalue weighted by molar-refractivity contribution is 0.0730. The van der Waals surface area contributed by atoms with E-state index >= 15 is 0 Å². The second-order valence-corrected chi connectivity index (χ2v) is 5.58. The maximum absolute atomic E-state index is 12.4. The van der Waals surface area contributed by atoms with Crippen molar-refractivity contribution in [2.75, 3.05) is 12.4 Å². The van der Waals surface area contributed by atoms with Crippen LogP contribution in [0.2, 0.25) is 5.02 Å². The summed E-state index contributed by atoms with van der Waals surface area (Å²) in [5.41, 5.74) is 0.528. The Balaban J connectivity index is 2.11. The van der Waals surface area contributed by atoms with Gasteiger partial charge >= 0.3 is 0 Å². The first-order chi connectivity index (χ1) is 9.13. The molecule has 1 saturated heterocycles. The first kappa shape index (κ1) is 14.5. The van der Waals surface area contributed by atoms with E-state index in [1.165, 1.54) is 12.1 Å². The fourth-order valence-electron chi connectivity index (χ4n) is 2.52. The predicted molar refractivity (Wildman–Crippen MR) is 77.1 cm³/mol. The van der Waals surface area contributed by atoms with E-state index in [-0.39, 0.29) is 22.7 Å². The summed E-state index contributed by atoms with van der Waals surface area (Å²) in [6.07, 6.45) is 3.94. The number of hydrogen-bond donors (Lipinski definition) is 1. The lowest BCUT2D eigenvalue weighted by Crippen LogP contribution is -2.35. The third-order valence-electron chi connectivity index (χ3n) is 3.50. The van der Waals surface area contributed by atoms with Crippen molar-refractivity contribution in [3.05, 3.63) is 28.8 Å². The van der Waals surface area contributed by atoms with E-state index < -0.39 is 0 Å². The highest BCUT2D eigenvalue weighted by Gasteiger charge is 2.29. The van der Waals surface area contributed by atoms with Gasteiger partial charge in [0.1, 0.15) is 5.75 Å². The van der Waals surface area contributed by atoms with Gasteiger partial charge in [-0.3, -0.25) is 4.79 Å². The van der Waals surface area contributed by atoms with E-state index in [1.54, 1.807) is 6.07 Å². The molecule has 0 saturated carbocycles. The SMILES string of the molecule is O=C(c1ccc(O)c(Cl)c1)N1CCCC1CCCCl. The highest BCUT2D eigenvalue weighted by atomic mass is 35.5. The Bertz CT molecular complexity index is 465. The molecule has 0 aromatic heterocycles. The smallest absolute Gasteiger partial charge is 0.254 e. The van der Waals surface area contributed by atoms with Crippen molar-refractivity contribution in [3.8, 4) is 5.75 Å². The van der Waals surface area contributed by atoms with Gasteiger partial charge in [-0.15, -0.1) is 11.6 Å². The molecular weight excluding hydrogens is 285 g/mol. The first-order valence-electron chi connectivity index (χ1n) is 6.49. The number of nitrogens with zero attached hydrogens (tertiary/aromatic N) is 1. The molecule has 1 fully saturated rings. The van der Waals surface area contributed by atoms with Crippen LogP contribution in [0.1, 0.15) is 36.0 Å². The zero-order valence-electron chi connectivity index (χ0n) is 10.6. The van der Waals surface area contributed by atoms with Crippen LogP contribution in [0.3, 0.4) is 0 Å². The Labute approximate surface area is 123 Å². The highest BCUT2D eigenvalue weighted by molar-refractivity contribution is 6.32. The molecule has 0 radical (unpaired) electrons. The number of rotatable bonds is 4. The molecule has 19 heavy (non-hydrogen) atoms. The summed E-state index contributed by atoms with van der Waals surface area (Å²) in [5.74, 6) is 0.612. The Morgan fingerprint density at radius 1 is 1.47 bits per heavy atom. The second-order valence-electron chi connectivity index (χ2n) is 4.79. The lowest BCUT2D eigenvalue weighted by atomic mass is 10.1. The monoisotopic (exact) mass is 301 g/mol. The van der Waals surface area contributed by atoms with Gasteiger partial charge in [0.25, 0.3) is 5.91 Å². The maximum atomic E-state index is 12.4. The van der Waals surface area contributed by atoms with Gasteiger partial charge < -0.3 is 10.0 Å². The number of amides is 1. The second kappa shape index (κ2) is 6.49. The van der Waals surface area contributed by atoms with E-state index in [0.717, 1.165) is 32.2 Å². The fraction of sp³-hybridized carbons (Fsp3) is 0.500. The number of carbonyl (C=O) groups is 1. The number of benzene rings is 1. The van der Waals surface area contributed by atoms with Crippen LogP contribution in [0.5, 0.6) is 5.75 Å². The van der Waals surface area contributed by atoms with E-state index in [2.05, 4.69) is 0 Å². The molecule has 0 bridgehead atoms. The minimum absolute atomic E-state index is 0.00155. The summed E-state index contributed by atoms with van der Waals surface area (Å²) in [6, 6.07) is 4.87. The van der Waals surface area contributed by atoms with Gasteiger partial charge in [0, 0.05) is 24.0 Å². The summed E-state index contributed by atoms with van der Waals surface area (Å²) in [5, 5.41) is 9.60. The molecule has 1 unspecified atom stereocenters. The van der Waals surface area contributed by atoms with E-state index in [4.69, 9.17) is 23.2 Å². The van der Waals surface area contributed by atoms with Crippen LogP contribution in [0.15, 0.2) is 18.2 Å². The Kier molecular flexibility index (Phi) is 4.94. The third-order valence-corrected chi connectivity index (χ3v) is 4.07. The number of likely N-dealkylation sites (tertiary alicyclic amines) is 1. The topological polar surface area (TPSA) is 40.5 Å². The number of phenolic OH excluding ortho intramolecular Hbond substituents is 1. The van der Waals surface area contributed by atoms with Gasteiger partial charge in [0.2, 0.25) is 0 Å². The van der Waals surface area contributed by atoms with Crippen molar-refractivity contribution < 1.29 is 9.90 Å². The molecule has 1 atom stereocenters. The third kappa shape index (κ3) is 3.34. The molecule has 1 heterocycles. The number of carbonyl (C=O) groups excluding carboxylic acids is 1. The van der Waals surface area contributed by atoms with Crippen LogP contribution in [-0.4, -0.2) is 34.4 Å². The molecule has 2 rings (SSSR count). The highest BCUT2D eigenvalue weighted by Crippen LogP contribution is 2.27. The molecule has 1 N–H and O–H groups in total. The Hall–Kier alpha value is -0.930. The predicted octanol–water partition coefficient (Wildman–Crippen LogP) is 3.67. The van der Waals surface area contributed by atoms with Crippen LogP contribution in [-0.2, 0) is 0 Å². The van der Waals surface area contributed by atoms with Gasteiger partial charge in [-0.2, -0.15) is 0 Å². The number of phenols is 1. The molecule has 3 nitrogen and oxygen atoms in total. The van der Waals surface area contributed by atoms with Crippen LogP contribution in [0, 0.1) is 0 Å². The molecule has 104 valence electrons. The van der Waals surface area contributed by atoms with Crippen molar-refractivity contribution in [2.24, 2.45) is 0 Å². The van der Waals surface area contributed by atoms with E-state index in [9.17, 15) is 9.90 Å². The van der Waals surface area contributed by atoms with E-state index in [1.807, 2.05) is 4.90 Å². The molecule has 1 amide bonds. The van der Waals surface area contributed by atoms with Crippen LogP contribution < -0.4 is 0 Å². The lowest BCUT2D eigenvalue weighted by Gasteiger charge is -2.24. The van der Waals surface area contributed by atoms with Crippen molar-refractivity contribution >= 4 is 29.1 Å². The molecule has 5 heteroatoms. The van der Waals surface area contributed by atoms with Crippen LogP contribution in [0.4, 0.5) is 0 Å². The summed E-state index contributed by atoms with van der Waals surface area (Å²) in [7, 11) is 0. The largest absolute Gasteiger partial charge is 0.506 e. The summed E-state index contributed by atoms with van der Waals surface area (Å²) in [4.78, 5) is 14.3. The van der Waals surface area contributed by atoms with E-state index in [0.29, 0.717) is 11.4 Å².